The Morgan fingerprint density at radius 2 is 2.06 bits per heavy atom. The van der Waals surface area contributed by atoms with E-state index in [-0.39, 0.29) is 5.91 Å². The molecular formula is C13H24N2O2. The fraction of sp³-hybridized carbons (Fsp3) is 0.923. The molecule has 2 aliphatic carbocycles. The molecule has 0 unspecified atom stereocenters. The van der Waals surface area contributed by atoms with Crippen LogP contribution in [0.1, 0.15) is 44.9 Å². The van der Waals surface area contributed by atoms with E-state index in [0.717, 1.165) is 51.2 Å². The number of ether oxygens (including phenoxy) is 1. The lowest BCUT2D eigenvalue weighted by atomic mass is 9.98. The molecule has 0 heterocycles. The molecule has 0 saturated heterocycles. The lowest BCUT2D eigenvalue weighted by Crippen LogP contribution is -2.52. The lowest BCUT2D eigenvalue weighted by molar-refractivity contribution is -0.126. The van der Waals surface area contributed by atoms with Gasteiger partial charge in [0, 0.05) is 19.8 Å². The SMILES string of the molecule is NC1(C(=O)NCCCOCC2CC2)CCCC1. The maximum atomic E-state index is 11.8. The van der Waals surface area contributed by atoms with Crippen LogP contribution in [0.5, 0.6) is 0 Å². The predicted octanol–water partition coefficient (Wildman–Crippen LogP) is 1.19. The number of carbonyl (C=O) groups is 1. The van der Waals surface area contributed by atoms with Gasteiger partial charge >= 0.3 is 0 Å². The topological polar surface area (TPSA) is 64.4 Å². The molecule has 0 aromatic heterocycles. The lowest BCUT2D eigenvalue weighted by Gasteiger charge is -2.22. The third-order valence-corrected chi connectivity index (χ3v) is 3.75. The Kier molecular flexibility index (Phi) is 4.40. The summed E-state index contributed by atoms with van der Waals surface area (Å²) in [6.07, 6.45) is 7.35. The van der Waals surface area contributed by atoms with E-state index in [1.54, 1.807) is 0 Å². The molecule has 0 radical (unpaired) electrons. The average Bonchev–Trinajstić information content (AvgIpc) is 3.04. The van der Waals surface area contributed by atoms with Gasteiger partial charge in [-0.2, -0.15) is 0 Å². The molecule has 2 saturated carbocycles. The molecule has 2 fully saturated rings. The first-order valence-corrected chi connectivity index (χ1v) is 6.86. The molecule has 0 atom stereocenters. The molecule has 4 nitrogen and oxygen atoms in total. The first-order chi connectivity index (χ1) is 8.21. The third kappa shape index (κ3) is 3.96. The molecule has 0 aliphatic heterocycles. The number of nitrogens with one attached hydrogen (secondary N) is 1. The van der Waals surface area contributed by atoms with Crippen LogP contribution in [0.15, 0.2) is 0 Å². The number of amides is 1. The molecule has 1 amide bonds. The van der Waals surface area contributed by atoms with Crippen molar-refractivity contribution in [1.29, 1.82) is 0 Å². The molecule has 0 aromatic carbocycles. The highest BCUT2D eigenvalue weighted by Crippen LogP contribution is 2.28. The van der Waals surface area contributed by atoms with E-state index >= 15 is 0 Å². The molecule has 0 spiro atoms. The maximum Gasteiger partial charge on any atom is 0.240 e. The number of hydrogen-bond donors (Lipinski definition) is 2. The van der Waals surface area contributed by atoms with Crippen LogP contribution >= 0.6 is 0 Å². The van der Waals surface area contributed by atoms with E-state index < -0.39 is 5.54 Å². The van der Waals surface area contributed by atoms with E-state index in [1.165, 1.54) is 12.8 Å². The summed E-state index contributed by atoms with van der Waals surface area (Å²) in [4.78, 5) is 11.8. The van der Waals surface area contributed by atoms with Crippen LogP contribution < -0.4 is 11.1 Å². The van der Waals surface area contributed by atoms with E-state index in [0.29, 0.717) is 6.54 Å². The van der Waals surface area contributed by atoms with Crippen molar-refractivity contribution in [2.75, 3.05) is 19.8 Å². The van der Waals surface area contributed by atoms with E-state index in [2.05, 4.69) is 5.32 Å². The second-order valence-electron chi connectivity index (χ2n) is 5.49. The summed E-state index contributed by atoms with van der Waals surface area (Å²) >= 11 is 0. The summed E-state index contributed by atoms with van der Waals surface area (Å²) in [5.41, 5.74) is 5.46. The van der Waals surface area contributed by atoms with Gasteiger partial charge in [0.25, 0.3) is 0 Å². The zero-order chi connectivity index (χ0) is 12.1. The van der Waals surface area contributed by atoms with Crippen molar-refractivity contribution in [2.24, 2.45) is 11.7 Å². The van der Waals surface area contributed by atoms with Gasteiger partial charge in [-0.3, -0.25) is 4.79 Å². The highest BCUT2D eigenvalue weighted by Gasteiger charge is 2.36. The van der Waals surface area contributed by atoms with Crippen LogP contribution in [-0.4, -0.2) is 31.2 Å². The second-order valence-corrected chi connectivity index (χ2v) is 5.49. The minimum absolute atomic E-state index is 0.0252. The summed E-state index contributed by atoms with van der Waals surface area (Å²) in [6, 6.07) is 0. The summed E-state index contributed by atoms with van der Waals surface area (Å²) in [7, 11) is 0. The van der Waals surface area contributed by atoms with Crippen LogP contribution in [0, 0.1) is 5.92 Å². The van der Waals surface area contributed by atoms with Crippen LogP contribution in [0.4, 0.5) is 0 Å². The first kappa shape index (κ1) is 12.8. The third-order valence-electron chi connectivity index (χ3n) is 3.75. The molecule has 2 aliphatic rings. The second kappa shape index (κ2) is 5.83. The maximum absolute atomic E-state index is 11.8. The number of nitrogens with two attached hydrogens (primary N) is 1. The van der Waals surface area contributed by atoms with Gasteiger partial charge in [-0.15, -0.1) is 0 Å². The Bertz CT molecular complexity index is 258. The van der Waals surface area contributed by atoms with Gasteiger partial charge in [-0.05, 0) is 38.0 Å². The fourth-order valence-corrected chi connectivity index (χ4v) is 2.32. The Morgan fingerprint density at radius 3 is 2.71 bits per heavy atom. The van der Waals surface area contributed by atoms with Gasteiger partial charge < -0.3 is 15.8 Å². The van der Waals surface area contributed by atoms with Crippen molar-refractivity contribution >= 4 is 5.91 Å². The largest absolute Gasteiger partial charge is 0.381 e. The van der Waals surface area contributed by atoms with Crippen LogP contribution in [0.2, 0.25) is 0 Å². The fourth-order valence-electron chi connectivity index (χ4n) is 2.32. The Hall–Kier alpha value is -0.610. The minimum Gasteiger partial charge on any atom is -0.381 e. The van der Waals surface area contributed by atoms with E-state index in [1.807, 2.05) is 0 Å². The molecule has 98 valence electrons. The zero-order valence-electron chi connectivity index (χ0n) is 10.5. The molecule has 2 rings (SSSR count). The highest BCUT2D eigenvalue weighted by molar-refractivity contribution is 5.86. The number of rotatable bonds is 7. The molecule has 4 heteroatoms. The average molecular weight is 240 g/mol. The minimum atomic E-state index is -0.588. The summed E-state index contributed by atoms with van der Waals surface area (Å²) in [5, 5.41) is 2.92. The number of carbonyl (C=O) groups excluding carboxylic acids is 1. The van der Waals surface area contributed by atoms with Gasteiger partial charge in [0.1, 0.15) is 0 Å². The summed E-state index contributed by atoms with van der Waals surface area (Å²) < 4.78 is 5.51. The summed E-state index contributed by atoms with van der Waals surface area (Å²) in [6.45, 7) is 2.32. The zero-order valence-corrected chi connectivity index (χ0v) is 10.5. The van der Waals surface area contributed by atoms with Crippen molar-refractivity contribution in [3.05, 3.63) is 0 Å². The standard InChI is InChI=1S/C13H24N2O2/c14-13(6-1-2-7-13)12(16)15-8-3-9-17-10-11-4-5-11/h11H,1-10,14H2,(H,15,16). The monoisotopic (exact) mass is 240 g/mol. The van der Waals surface area contributed by atoms with Crippen LogP contribution in [-0.2, 0) is 9.53 Å². The smallest absolute Gasteiger partial charge is 0.240 e. The van der Waals surface area contributed by atoms with Crippen LogP contribution in [0.3, 0.4) is 0 Å². The molecule has 0 aromatic rings. The van der Waals surface area contributed by atoms with Gasteiger partial charge in [-0.25, -0.2) is 0 Å². The van der Waals surface area contributed by atoms with Crippen molar-refractivity contribution in [1.82, 2.24) is 5.32 Å². The first-order valence-electron chi connectivity index (χ1n) is 6.86. The van der Waals surface area contributed by atoms with Gasteiger partial charge in [0.2, 0.25) is 5.91 Å². The Labute approximate surface area is 103 Å². The molecular weight excluding hydrogens is 216 g/mol. The van der Waals surface area contributed by atoms with Gasteiger partial charge in [0.05, 0.1) is 5.54 Å². The van der Waals surface area contributed by atoms with E-state index in [4.69, 9.17) is 10.5 Å². The van der Waals surface area contributed by atoms with Crippen molar-refractivity contribution < 1.29 is 9.53 Å². The quantitative estimate of drug-likeness (QED) is 0.657. The van der Waals surface area contributed by atoms with E-state index in [9.17, 15) is 4.79 Å². The van der Waals surface area contributed by atoms with Gasteiger partial charge in [-0.1, -0.05) is 12.8 Å². The predicted molar refractivity (Wildman–Crippen MR) is 66.6 cm³/mol. The number of hydrogen-bond acceptors (Lipinski definition) is 3. The summed E-state index contributed by atoms with van der Waals surface area (Å²) in [5.74, 6) is 0.840. The normalized spacial score (nSPS) is 22.6. The molecule has 3 N–H and O–H groups in total. The van der Waals surface area contributed by atoms with Crippen molar-refractivity contribution in [3.8, 4) is 0 Å². The van der Waals surface area contributed by atoms with Crippen molar-refractivity contribution in [3.63, 3.8) is 0 Å². The Balaban J connectivity index is 1.50. The van der Waals surface area contributed by atoms with Crippen LogP contribution in [0.25, 0.3) is 0 Å². The highest BCUT2D eigenvalue weighted by atomic mass is 16.5. The van der Waals surface area contributed by atoms with Crippen molar-refractivity contribution in [2.45, 2.75) is 50.5 Å². The Morgan fingerprint density at radius 1 is 1.35 bits per heavy atom. The molecule has 17 heavy (non-hydrogen) atoms. The molecule has 0 bridgehead atoms. The van der Waals surface area contributed by atoms with Gasteiger partial charge in [0.15, 0.2) is 0 Å².